The number of halogens is 1. The summed E-state index contributed by atoms with van der Waals surface area (Å²) in [5.74, 6) is 0.282. The summed E-state index contributed by atoms with van der Waals surface area (Å²) < 4.78 is 6.56. The highest BCUT2D eigenvalue weighted by Gasteiger charge is 2.19. The first-order chi connectivity index (χ1) is 17.6. The smallest absolute Gasteiger partial charge is 0.263 e. The summed E-state index contributed by atoms with van der Waals surface area (Å²) in [7, 11) is 5.47. The molecule has 10 heteroatoms. The molecular weight excluding hydrogens is 492 g/mol. The van der Waals surface area contributed by atoms with Gasteiger partial charge in [0.2, 0.25) is 11.8 Å². The molecule has 0 saturated heterocycles. The molecule has 3 aromatic heterocycles. The number of nitrogens with zero attached hydrogens (tertiary/aromatic N) is 5. The molecule has 0 aliphatic carbocycles. The summed E-state index contributed by atoms with van der Waals surface area (Å²) in [5.41, 5.74) is 2.84. The molecule has 4 aromatic rings. The van der Waals surface area contributed by atoms with Crippen molar-refractivity contribution in [3.05, 3.63) is 69.6 Å². The van der Waals surface area contributed by atoms with Crippen LogP contribution in [0.5, 0.6) is 5.88 Å². The fraction of sp³-hybridized carbons (Fsp3) is 0.296. The fourth-order valence-corrected chi connectivity index (χ4v) is 4.30. The molecule has 192 valence electrons. The van der Waals surface area contributed by atoms with Crippen molar-refractivity contribution in [2.75, 3.05) is 21.2 Å². The van der Waals surface area contributed by atoms with Gasteiger partial charge in [0.05, 0.1) is 12.5 Å². The van der Waals surface area contributed by atoms with Crippen molar-refractivity contribution in [1.29, 1.82) is 0 Å². The normalized spacial score (nSPS) is 11.4. The van der Waals surface area contributed by atoms with Crippen LogP contribution in [0.2, 0.25) is 5.02 Å². The van der Waals surface area contributed by atoms with Gasteiger partial charge < -0.3 is 15.0 Å². The second-order valence-electron chi connectivity index (χ2n) is 9.30. The van der Waals surface area contributed by atoms with Gasteiger partial charge in [-0.1, -0.05) is 17.7 Å². The Balaban J connectivity index is 1.89. The number of carbonyl (C=O) groups excluding carboxylic acids is 1. The summed E-state index contributed by atoms with van der Waals surface area (Å²) in [6.45, 7) is 4.21. The SMILES string of the molecule is COc1cccc(-c2nc3ncc(-c4cc(Cl)cc(CN(C)C)c4)cc3c(=O)n2CC(=O)NC(C)C)n1. The van der Waals surface area contributed by atoms with Gasteiger partial charge in [-0.2, -0.15) is 0 Å². The van der Waals surface area contributed by atoms with Crippen LogP contribution in [-0.2, 0) is 17.9 Å². The predicted octanol–water partition coefficient (Wildman–Crippen LogP) is 3.77. The highest BCUT2D eigenvalue weighted by Crippen LogP contribution is 2.27. The van der Waals surface area contributed by atoms with E-state index in [4.69, 9.17) is 16.3 Å². The third-order valence-electron chi connectivity index (χ3n) is 5.51. The lowest BCUT2D eigenvalue weighted by molar-refractivity contribution is -0.122. The van der Waals surface area contributed by atoms with Crippen LogP contribution >= 0.6 is 11.6 Å². The van der Waals surface area contributed by atoms with Crippen molar-refractivity contribution in [2.24, 2.45) is 0 Å². The van der Waals surface area contributed by atoms with Gasteiger partial charge in [-0.25, -0.2) is 15.0 Å². The van der Waals surface area contributed by atoms with Gasteiger partial charge in [-0.05, 0) is 69.4 Å². The number of fused-ring (bicyclic) bond motifs is 1. The van der Waals surface area contributed by atoms with Crippen LogP contribution in [0.4, 0.5) is 0 Å². The van der Waals surface area contributed by atoms with Crippen molar-refractivity contribution in [3.63, 3.8) is 0 Å². The molecule has 0 unspecified atom stereocenters. The van der Waals surface area contributed by atoms with E-state index in [2.05, 4.69) is 20.3 Å². The second kappa shape index (κ2) is 11.1. The Hall–Kier alpha value is -3.82. The van der Waals surface area contributed by atoms with Crippen molar-refractivity contribution in [3.8, 4) is 28.5 Å². The zero-order valence-corrected chi connectivity index (χ0v) is 22.2. The predicted molar refractivity (Wildman–Crippen MR) is 145 cm³/mol. The molecule has 1 N–H and O–H groups in total. The highest BCUT2D eigenvalue weighted by atomic mass is 35.5. The monoisotopic (exact) mass is 520 g/mol. The van der Waals surface area contributed by atoms with Crippen LogP contribution in [0.1, 0.15) is 19.4 Å². The number of nitrogens with one attached hydrogen (secondary N) is 1. The van der Waals surface area contributed by atoms with Gasteiger partial charge in [-0.3, -0.25) is 14.2 Å². The van der Waals surface area contributed by atoms with Gasteiger partial charge in [0, 0.05) is 35.4 Å². The van der Waals surface area contributed by atoms with E-state index in [-0.39, 0.29) is 35.4 Å². The molecule has 4 rings (SSSR count). The van der Waals surface area contributed by atoms with Crippen LogP contribution in [-0.4, -0.2) is 57.6 Å². The Morgan fingerprint density at radius 1 is 1.14 bits per heavy atom. The van der Waals surface area contributed by atoms with E-state index in [1.807, 2.05) is 51.0 Å². The van der Waals surface area contributed by atoms with Gasteiger partial charge in [0.25, 0.3) is 5.56 Å². The summed E-state index contributed by atoms with van der Waals surface area (Å²) >= 11 is 6.39. The van der Waals surface area contributed by atoms with Crippen LogP contribution in [0.3, 0.4) is 0 Å². The largest absolute Gasteiger partial charge is 0.481 e. The Bertz CT molecular complexity index is 1520. The maximum absolute atomic E-state index is 13.8. The zero-order valence-electron chi connectivity index (χ0n) is 21.4. The third kappa shape index (κ3) is 6.12. The minimum absolute atomic E-state index is 0.0810. The van der Waals surface area contributed by atoms with E-state index in [0.717, 1.165) is 16.7 Å². The molecule has 0 saturated carbocycles. The molecule has 1 amide bonds. The standard InChI is InChI=1S/C27H29ClN6O3/c1-16(2)30-23(35)15-34-26(22-7-6-8-24(31-22)37-5)32-25-21(27(34)36)12-19(13-29-25)18-9-17(14-33(3)4)10-20(28)11-18/h6-13,16H,14-15H2,1-5H3,(H,30,35). The maximum Gasteiger partial charge on any atom is 0.263 e. The lowest BCUT2D eigenvalue weighted by Gasteiger charge is -2.15. The quantitative estimate of drug-likeness (QED) is 0.377. The molecule has 1 aromatic carbocycles. The van der Waals surface area contributed by atoms with Crippen molar-refractivity contribution >= 4 is 28.5 Å². The summed E-state index contributed by atoms with van der Waals surface area (Å²) in [6, 6.07) is 12.6. The minimum atomic E-state index is -0.395. The Labute approximate surface area is 220 Å². The molecular formula is C27H29ClN6O3. The van der Waals surface area contributed by atoms with Gasteiger partial charge >= 0.3 is 0 Å². The number of amides is 1. The van der Waals surface area contributed by atoms with Crippen molar-refractivity contribution in [2.45, 2.75) is 33.0 Å². The molecule has 0 spiro atoms. The summed E-state index contributed by atoms with van der Waals surface area (Å²) in [5, 5.41) is 3.71. The summed E-state index contributed by atoms with van der Waals surface area (Å²) in [6.07, 6.45) is 1.67. The zero-order chi connectivity index (χ0) is 26.7. The lowest BCUT2D eigenvalue weighted by Crippen LogP contribution is -2.37. The van der Waals surface area contributed by atoms with E-state index in [1.165, 1.54) is 11.7 Å². The number of hydrogen-bond acceptors (Lipinski definition) is 7. The Kier molecular flexibility index (Phi) is 7.85. The molecule has 0 aliphatic rings. The average Bonchev–Trinajstić information content (AvgIpc) is 2.84. The molecule has 0 radical (unpaired) electrons. The minimum Gasteiger partial charge on any atom is -0.481 e. The third-order valence-corrected chi connectivity index (χ3v) is 5.73. The highest BCUT2D eigenvalue weighted by molar-refractivity contribution is 6.31. The number of methoxy groups -OCH3 is 1. The summed E-state index contributed by atoms with van der Waals surface area (Å²) in [4.78, 5) is 42.1. The van der Waals surface area contributed by atoms with Gasteiger partial charge in [0.15, 0.2) is 11.5 Å². The second-order valence-corrected chi connectivity index (χ2v) is 9.73. The molecule has 0 bridgehead atoms. The van der Waals surface area contributed by atoms with E-state index >= 15 is 0 Å². The number of carbonyl (C=O) groups is 1. The van der Waals surface area contributed by atoms with Crippen LogP contribution in [0.25, 0.3) is 33.7 Å². The first kappa shape index (κ1) is 26.2. The first-order valence-electron chi connectivity index (χ1n) is 11.8. The average molecular weight is 521 g/mol. The van der Waals surface area contributed by atoms with Gasteiger partial charge in [-0.15, -0.1) is 0 Å². The number of hydrogen-bond donors (Lipinski definition) is 1. The van der Waals surface area contributed by atoms with Crippen LogP contribution < -0.4 is 15.6 Å². The fourth-order valence-electron chi connectivity index (χ4n) is 4.04. The number of benzene rings is 1. The lowest BCUT2D eigenvalue weighted by atomic mass is 10.0. The first-order valence-corrected chi connectivity index (χ1v) is 12.2. The number of pyridine rings is 2. The van der Waals surface area contributed by atoms with Crippen molar-refractivity contribution < 1.29 is 9.53 Å². The number of rotatable bonds is 8. The van der Waals surface area contributed by atoms with E-state index in [0.29, 0.717) is 23.1 Å². The van der Waals surface area contributed by atoms with E-state index in [1.54, 1.807) is 30.5 Å². The van der Waals surface area contributed by atoms with E-state index < -0.39 is 5.56 Å². The molecule has 37 heavy (non-hydrogen) atoms. The Morgan fingerprint density at radius 3 is 2.62 bits per heavy atom. The molecule has 0 fully saturated rings. The van der Waals surface area contributed by atoms with Crippen LogP contribution in [0.15, 0.2) is 53.5 Å². The molecule has 0 aliphatic heterocycles. The van der Waals surface area contributed by atoms with Gasteiger partial charge in [0.1, 0.15) is 12.2 Å². The van der Waals surface area contributed by atoms with Crippen molar-refractivity contribution in [1.82, 2.24) is 29.7 Å². The molecule has 9 nitrogen and oxygen atoms in total. The Morgan fingerprint density at radius 2 is 1.92 bits per heavy atom. The van der Waals surface area contributed by atoms with E-state index in [9.17, 15) is 9.59 Å². The van der Waals surface area contributed by atoms with Crippen LogP contribution in [0, 0.1) is 0 Å². The molecule has 3 heterocycles. The number of ether oxygens (including phenoxy) is 1. The maximum atomic E-state index is 13.8. The molecule has 0 atom stereocenters. The number of aromatic nitrogens is 4. The topological polar surface area (TPSA) is 102 Å².